The molecule has 18 heavy (non-hydrogen) atoms. The number of hydrogen-bond acceptors (Lipinski definition) is 2. The van der Waals surface area contributed by atoms with Crippen molar-refractivity contribution in [1.29, 1.82) is 0 Å². The van der Waals surface area contributed by atoms with E-state index in [2.05, 4.69) is 57.7 Å². The predicted molar refractivity (Wildman–Crippen MR) is 85.3 cm³/mol. The summed E-state index contributed by atoms with van der Waals surface area (Å²) in [6.07, 6.45) is 0.978. The highest BCUT2D eigenvalue weighted by molar-refractivity contribution is 14.1. The van der Waals surface area contributed by atoms with Gasteiger partial charge in [0.2, 0.25) is 0 Å². The molecule has 0 bridgehead atoms. The summed E-state index contributed by atoms with van der Waals surface area (Å²) >= 11 is 5.52. The number of phenols is 1. The highest BCUT2D eigenvalue weighted by Crippen LogP contribution is 2.22. The zero-order chi connectivity index (χ0) is 13.8. The number of nitrogens with one attached hydrogen (secondary N) is 1. The molecule has 1 aromatic rings. The third-order valence-corrected chi connectivity index (χ3v) is 3.77. The molecule has 0 atom stereocenters. The van der Waals surface area contributed by atoms with Gasteiger partial charge in [0.1, 0.15) is 5.75 Å². The van der Waals surface area contributed by atoms with E-state index in [4.69, 9.17) is 0 Å². The first kappa shape index (κ1) is 15.8. The number of benzene rings is 1. The van der Waals surface area contributed by atoms with Crippen LogP contribution in [0.1, 0.15) is 30.6 Å². The number of amides is 1. The molecular weight excluding hydrogens is 409 g/mol. The molecule has 0 aliphatic heterocycles. The highest BCUT2D eigenvalue weighted by Gasteiger charge is 2.19. The molecule has 0 unspecified atom stereocenters. The first-order chi connectivity index (χ1) is 8.35. The fraction of sp³-hybridized carbons (Fsp3) is 0.462. The summed E-state index contributed by atoms with van der Waals surface area (Å²) in [5.74, 6) is -0.208. The number of phenolic OH excluding ortho intramolecular Hbond substituents is 1. The molecule has 0 spiro atoms. The second kappa shape index (κ2) is 6.75. The molecule has 1 rings (SSSR count). The molecule has 0 radical (unpaired) electrons. The number of halogens is 2. The molecule has 0 fully saturated rings. The van der Waals surface area contributed by atoms with Gasteiger partial charge in [-0.1, -0.05) is 29.8 Å². The Kier molecular flexibility index (Phi) is 5.91. The highest BCUT2D eigenvalue weighted by atomic mass is 127. The molecule has 2 N–H and O–H groups in total. The van der Waals surface area contributed by atoms with Crippen LogP contribution in [-0.4, -0.2) is 22.9 Å². The molecule has 1 aromatic carbocycles. The third kappa shape index (κ3) is 4.76. The Morgan fingerprint density at radius 3 is 2.78 bits per heavy atom. The largest absolute Gasteiger partial charge is 0.507 e. The zero-order valence-corrected chi connectivity index (χ0v) is 14.2. The van der Waals surface area contributed by atoms with Gasteiger partial charge in [-0.05, 0) is 52.6 Å². The van der Waals surface area contributed by atoms with Gasteiger partial charge in [0, 0.05) is 15.4 Å². The lowest BCUT2D eigenvalue weighted by atomic mass is 9.90. The number of aromatic hydroxyl groups is 1. The maximum Gasteiger partial charge on any atom is 0.255 e. The van der Waals surface area contributed by atoms with Crippen LogP contribution in [0.15, 0.2) is 18.2 Å². The van der Waals surface area contributed by atoms with Gasteiger partial charge in [0.25, 0.3) is 5.91 Å². The molecule has 0 aliphatic rings. The SMILES string of the molecule is CC(C)(CCBr)CNC(=O)c1cc(I)ccc1O. The lowest BCUT2D eigenvalue weighted by Gasteiger charge is -2.24. The average molecular weight is 426 g/mol. The summed E-state index contributed by atoms with van der Waals surface area (Å²) in [7, 11) is 0. The van der Waals surface area contributed by atoms with Crippen LogP contribution in [-0.2, 0) is 0 Å². The van der Waals surface area contributed by atoms with Gasteiger partial charge in [-0.15, -0.1) is 0 Å². The van der Waals surface area contributed by atoms with Crippen LogP contribution >= 0.6 is 38.5 Å². The van der Waals surface area contributed by atoms with E-state index in [1.54, 1.807) is 18.2 Å². The standard InChI is InChI=1S/C13H17BrINO2/c1-13(2,5-6-14)8-16-12(18)10-7-9(15)3-4-11(10)17/h3-4,7,17H,5-6,8H2,1-2H3,(H,16,18). The monoisotopic (exact) mass is 425 g/mol. The van der Waals surface area contributed by atoms with E-state index in [1.807, 2.05) is 0 Å². The number of carbonyl (C=O) groups is 1. The number of alkyl halides is 1. The van der Waals surface area contributed by atoms with E-state index in [0.717, 1.165) is 15.3 Å². The average Bonchev–Trinajstić information content (AvgIpc) is 2.29. The Hall–Kier alpha value is -0.300. The first-order valence-corrected chi connectivity index (χ1v) is 7.88. The van der Waals surface area contributed by atoms with E-state index in [1.165, 1.54) is 0 Å². The number of rotatable bonds is 5. The number of hydrogen-bond donors (Lipinski definition) is 2. The summed E-state index contributed by atoms with van der Waals surface area (Å²) in [6.45, 7) is 4.79. The Morgan fingerprint density at radius 1 is 1.50 bits per heavy atom. The molecule has 0 heterocycles. The Balaban J connectivity index is 2.69. The molecule has 0 saturated carbocycles. The molecular formula is C13H17BrINO2. The van der Waals surface area contributed by atoms with Crippen molar-refractivity contribution in [2.45, 2.75) is 20.3 Å². The maximum absolute atomic E-state index is 12.0. The Bertz CT molecular complexity index is 435. The van der Waals surface area contributed by atoms with Crippen LogP contribution in [0.5, 0.6) is 5.75 Å². The molecule has 0 saturated heterocycles. The fourth-order valence-corrected chi connectivity index (χ4v) is 3.01. The molecule has 3 nitrogen and oxygen atoms in total. The Morgan fingerprint density at radius 2 is 2.17 bits per heavy atom. The van der Waals surface area contributed by atoms with Crippen LogP contribution in [0.4, 0.5) is 0 Å². The molecule has 5 heteroatoms. The van der Waals surface area contributed by atoms with E-state index in [0.29, 0.717) is 12.1 Å². The van der Waals surface area contributed by atoms with Crippen molar-refractivity contribution in [3.8, 4) is 5.75 Å². The van der Waals surface area contributed by atoms with Crippen molar-refractivity contribution in [2.75, 3.05) is 11.9 Å². The maximum atomic E-state index is 12.0. The first-order valence-electron chi connectivity index (χ1n) is 5.68. The van der Waals surface area contributed by atoms with Gasteiger partial charge in [-0.3, -0.25) is 4.79 Å². The van der Waals surface area contributed by atoms with Crippen molar-refractivity contribution < 1.29 is 9.90 Å². The minimum Gasteiger partial charge on any atom is -0.507 e. The minimum absolute atomic E-state index is 0.0196. The van der Waals surface area contributed by atoms with E-state index in [-0.39, 0.29) is 17.1 Å². The van der Waals surface area contributed by atoms with Gasteiger partial charge in [0.15, 0.2) is 0 Å². The van der Waals surface area contributed by atoms with Crippen molar-refractivity contribution in [2.24, 2.45) is 5.41 Å². The van der Waals surface area contributed by atoms with Gasteiger partial charge in [-0.2, -0.15) is 0 Å². The van der Waals surface area contributed by atoms with Crippen LogP contribution in [0.25, 0.3) is 0 Å². The summed E-state index contributed by atoms with van der Waals surface area (Å²) < 4.78 is 0.926. The zero-order valence-electron chi connectivity index (χ0n) is 10.5. The second-order valence-electron chi connectivity index (χ2n) is 4.95. The van der Waals surface area contributed by atoms with Crippen molar-refractivity contribution >= 4 is 44.4 Å². The van der Waals surface area contributed by atoms with Gasteiger partial charge < -0.3 is 10.4 Å². The number of carbonyl (C=O) groups excluding carboxylic acids is 1. The van der Waals surface area contributed by atoms with Crippen molar-refractivity contribution in [3.63, 3.8) is 0 Å². The van der Waals surface area contributed by atoms with E-state index in [9.17, 15) is 9.90 Å². The van der Waals surface area contributed by atoms with Crippen molar-refractivity contribution in [3.05, 3.63) is 27.3 Å². The van der Waals surface area contributed by atoms with Crippen LogP contribution in [0, 0.1) is 8.99 Å². The summed E-state index contributed by atoms with van der Waals surface area (Å²) in [5.41, 5.74) is 0.369. The van der Waals surface area contributed by atoms with Crippen molar-refractivity contribution in [1.82, 2.24) is 5.32 Å². The Labute approximate surface area is 130 Å². The van der Waals surface area contributed by atoms with Gasteiger partial charge in [0.05, 0.1) is 5.56 Å². The summed E-state index contributed by atoms with van der Waals surface area (Å²) in [6, 6.07) is 4.99. The van der Waals surface area contributed by atoms with E-state index < -0.39 is 0 Å². The molecule has 0 aromatic heterocycles. The smallest absolute Gasteiger partial charge is 0.255 e. The lowest BCUT2D eigenvalue weighted by molar-refractivity contribution is 0.0933. The quantitative estimate of drug-likeness (QED) is 0.560. The summed E-state index contributed by atoms with van der Waals surface area (Å²) in [5, 5.41) is 13.4. The molecule has 0 aliphatic carbocycles. The molecule has 1 amide bonds. The van der Waals surface area contributed by atoms with Gasteiger partial charge in [-0.25, -0.2) is 0 Å². The predicted octanol–water partition coefficient (Wildman–Crippen LogP) is 3.54. The third-order valence-electron chi connectivity index (χ3n) is 2.70. The van der Waals surface area contributed by atoms with E-state index >= 15 is 0 Å². The second-order valence-corrected chi connectivity index (χ2v) is 6.99. The van der Waals surface area contributed by atoms with Crippen LogP contribution in [0.2, 0.25) is 0 Å². The minimum atomic E-state index is -0.228. The molecule has 100 valence electrons. The van der Waals surface area contributed by atoms with Crippen LogP contribution in [0.3, 0.4) is 0 Å². The summed E-state index contributed by atoms with van der Waals surface area (Å²) in [4.78, 5) is 12.0. The topological polar surface area (TPSA) is 49.3 Å². The fourth-order valence-electron chi connectivity index (χ4n) is 1.45. The van der Waals surface area contributed by atoms with Gasteiger partial charge >= 0.3 is 0 Å². The normalized spacial score (nSPS) is 11.3. The van der Waals surface area contributed by atoms with Crippen LogP contribution < -0.4 is 5.32 Å². The lowest BCUT2D eigenvalue weighted by Crippen LogP contribution is -2.34.